The van der Waals surface area contributed by atoms with Gasteiger partial charge in [-0.15, -0.1) is 0 Å². The molecular weight excluding hydrogens is 268 g/mol. The predicted octanol–water partition coefficient (Wildman–Crippen LogP) is 3.51. The third kappa shape index (κ3) is 2.46. The van der Waals surface area contributed by atoms with E-state index in [-0.39, 0.29) is 11.9 Å². The maximum atomic E-state index is 11.4. The van der Waals surface area contributed by atoms with Crippen LogP contribution in [0.1, 0.15) is 30.7 Å². The lowest BCUT2D eigenvalue weighted by Crippen LogP contribution is -2.12. The molecule has 0 bridgehead atoms. The van der Waals surface area contributed by atoms with Crippen molar-refractivity contribution in [3.8, 4) is 0 Å². The molecule has 0 heterocycles. The van der Waals surface area contributed by atoms with Gasteiger partial charge in [-0.05, 0) is 42.9 Å². The fourth-order valence-electron chi connectivity index (χ4n) is 2.40. The number of ether oxygens (including phenoxy) is 1. The standard InChI is InChI=1S/C13H15BrO2/c1-16-13(15)11-3-2-10(8-11)9-4-6-12(14)7-5-9/h4-7,10-11H,2-3,8H2,1H3. The monoisotopic (exact) mass is 282 g/mol. The highest BCUT2D eigenvalue weighted by atomic mass is 79.9. The van der Waals surface area contributed by atoms with E-state index in [9.17, 15) is 4.79 Å². The van der Waals surface area contributed by atoms with E-state index in [2.05, 4.69) is 40.2 Å². The zero-order valence-electron chi connectivity index (χ0n) is 9.28. The lowest BCUT2D eigenvalue weighted by molar-refractivity contribution is -0.145. The van der Waals surface area contributed by atoms with Gasteiger partial charge < -0.3 is 4.74 Å². The second kappa shape index (κ2) is 5.00. The summed E-state index contributed by atoms with van der Waals surface area (Å²) >= 11 is 3.43. The highest BCUT2D eigenvalue weighted by molar-refractivity contribution is 9.10. The predicted molar refractivity (Wildman–Crippen MR) is 66.2 cm³/mol. The van der Waals surface area contributed by atoms with Crippen molar-refractivity contribution in [1.82, 2.24) is 0 Å². The number of hydrogen-bond acceptors (Lipinski definition) is 2. The van der Waals surface area contributed by atoms with Gasteiger partial charge in [0.25, 0.3) is 0 Å². The molecule has 1 aromatic rings. The van der Waals surface area contributed by atoms with Crippen molar-refractivity contribution in [3.05, 3.63) is 34.3 Å². The number of carbonyl (C=O) groups excluding carboxylic acids is 1. The van der Waals surface area contributed by atoms with Crippen molar-refractivity contribution in [2.45, 2.75) is 25.2 Å². The SMILES string of the molecule is COC(=O)C1CCC(c2ccc(Br)cc2)C1. The maximum absolute atomic E-state index is 11.4. The van der Waals surface area contributed by atoms with E-state index in [0.717, 1.165) is 23.7 Å². The molecule has 0 aliphatic heterocycles. The minimum absolute atomic E-state index is 0.0559. The fourth-order valence-corrected chi connectivity index (χ4v) is 2.66. The Hall–Kier alpha value is -0.830. The summed E-state index contributed by atoms with van der Waals surface area (Å²) in [5.74, 6) is 0.551. The number of methoxy groups -OCH3 is 1. The largest absolute Gasteiger partial charge is 0.469 e. The van der Waals surface area contributed by atoms with Gasteiger partial charge in [0.1, 0.15) is 0 Å². The first-order valence-corrected chi connectivity index (χ1v) is 6.33. The Bertz CT molecular complexity index is 372. The summed E-state index contributed by atoms with van der Waals surface area (Å²) in [6.07, 6.45) is 2.96. The molecule has 1 aliphatic rings. The molecule has 0 radical (unpaired) electrons. The van der Waals surface area contributed by atoms with Gasteiger partial charge >= 0.3 is 5.97 Å². The molecule has 2 atom stereocenters. The van der Waals surface area contributed by atoms with Gasteiger partial charge in [0.15, 0.2) is 0 Å². The quantitative estimate of drug-likeness (QED) is 0.776. The van der Waals surface area contributed by atoms with Crippen LogP contribution >= 0.6 is 15.9 Å². The second-order valence-electron chi connectivity index (χ2n) is 4.28. The van der Waals surface area contributed by atoms with E-state index >= 15 is 0 Å². The van der Waals surface area contributed by atoms with Crippen LogP contribution in [0.3, 0.4) is 0 Å². The average Bonchev–Trinajstić information content (AvgIpc) is 2.78. The average molecular weight is 283 g/mol. The van der Waals surface area contributed by atoms with Crippen LogP contribution in [0.2, 0.25) is 0 Å². The third-order valence-electron chi connectivity index (χ3n) is 3.31. The molecule has 1 saturated carbocycles. The Balaban J connectivity index is 2.03. The molecule has 0 saturated heterocycles. The molecule has 1 fully saturated rings. The zero-order chi connectivity index (χ0) is 11.5. The number of esters is 1. The van der Waals surface area contributed by atoms with Gasteiger partial charge in [0, 0.05) is 4.47 Å². The molecule has 1 aliphatic carbocycles. The van der Waals surface area contributed by atoms with Crippen LogP contribution in [0.25, 0.3) is 0 Å². The molecular formula is C13H15BrO2. The van der Waals surface area contributed by atoms with E-state index in [1.165, 1.54) is 12.7 Å². The topological polar surface area (TPSA) is 26.3 Å². The summed E-state index contributed by atoms with van der Waals surface area (Å²) in [6, 6.07) is 8.38. The van der Waals surface area contributed by atoms with Crippen LogP contribution in [0.5, 0.6) is 0 Å². The highest BCUT2D eigenvalue weighted by Crippen LogP contribution is 2.38. The van der Waals surface area contributed by atoms with E-state index < -0.39 is 0 Å². The fraction of sp³-hybridized carbons (Fsp3) is 0.462. The summed E-state index contributed by atoms with van der Waals surface area (Å²) in [4.78, 5) is 11.4. The van der Waals surface area contributed by atoms with Gasteiger partial charge in [0.05, 0.1) is 13.0 Å². The molecule has 1 aromatic carbocycles. The Morgan fingerprint density at radius 1 is 1.31 bits per heavy atom. The molecule has 0 aromatic heterocycles. The lowest BCUT2D eigenvalue weighted by atomic mass is 9.96. The van der Waals surface area contributed by atoms with Crippen LogP contribution in [0.15, 0.2) is 28.7 Å². The molecule has 2 unspecified atom stereocenters. The first kappa shape index (κ1) is 11.6. The Morgan fingerprint density at radius 3 is 2.62 bits per heavy atom. The number of hydrogen-bond donors (Lipinski definition) is 0. The number of rotatable bonds is 2. The molecule has 0 N–H and O–H groups in total. The van der Waals surface area contributed by atoms with Crippen molar-refractivity contribution in [2.24, 2.45) is 5.92 Å². The first-order chi connectivity index (χ1) is 7.70. The molecule has 0 amide bonds. The van der Waals surface area contributed by atoms with E-state index in [4.69, 9.17) is 4.74 Å². The number of benzene rings is 1. The summed E-state index contributed by atoms with van der Waals surface area (Å²) in [5, 5.41) is 0. The van der Waals surface area contributed by atoms with Crippen LogP contribution < -0.4 is 0 Å². The van der Waals surface area contributed by atoms with E-state index in [1.54, 1.807) is 0 Å². The zero-order valence-corrected chi connectivity index (χ0v) is 10.9. The molecule has 2 nitrogen and oxygen atoms in total. The molecule has 16 heavy (non-hydrogen) atoms. The summed E-state index contributed by atoms with van der Waals surface area (Å²) in [7, 11) is 1.47. The second-order valence-corrected chi connectivity index (χ2v) is 5.20. The molecule has 86 valence electrons. The van der Waals surface area contributed by atoms with Crippen molar-refractivity contribution in [1.29, 1.82) is 0 Å². The van der Waals surface area contributed by atoms with Crippen LogP contribution in [0.4, 0.5) is 0 Å². The Kier molecular flexibility index (Phi) is 3.64. The summed E-state index contributed by atoms with van der Waals surface area (Å²) < 4.78 is 5.89. The molecule has 2 rings (SSSR count). The summed E-state index contributed by atoms with van der Waals surface area (Å²) in [5.41, 5.74) is 1.33. The van der Waals surface area contributed by atoms with Crippen molar-refractivity contribution >= 4 is 21.9 Å². The molecule has 3 heteroatoms. The minimum Gasteiger partial charge on any atom is -0.469 e. The number of halogens is 1. The first-order valence-electron chi connectivity index (χ1n) is 5.54. The Labute approximate surface area is 104 Å². The number of carbonyl (C=O) groups is 1. The van der Waals surface area contributed by atoms with E-state index in [1.807, 2.05) is 0 Å². The van der Waals surface area contributed by atoms with Gasteiger partial charge in [-0.1, -0.05) is 28.1 Å². The normalized spacial score (nSPS) is 24.4. The lowest BCUT2D eigenvalue weighted by Gasteiger charge is -2.10. The van der Waals surface area contributed by atoms with E-state index in [0.29, 0.717) is 5.92 Å². The van der Waals surface area contributed by atoms with Crippen molar-refractivity contribution in [2.75, 3.05) is 7.11 Å². The van der Waals surface area contributed by atoms with Crippen molar-refractivity contribution < 1.29 is 9.53 Å². The van der Waals surface area contributed by atoms with Crippen LogP contribution in [0, 0.1) is 5.92 Å². The van der Waals surface area contributed by atoms with Gasteiger partial charge in [-0.2, -0.15) is 0 Å². The summed E-state index contributed by atoms with van der Waals surface area (Å²) in [6.45, 7) is 0. The maximum Gasteiger partial charge on any atom is 0.308 e. The Morgan fingerprint density at radius 2 is 2.00 bits per heavy atom. The van der Waals surface area contributed by atoms with Gasteiger partial charge in [0.2, 0.25) is 0 Å². The van der Waals surface area contributed by atoms with Gasteiger partial charge in [-0.3, -0.25) is 4.79 Å². The third-order valence-corrected chi connectivity index (χ3v) is 3.84. The smallest absolute Gasteiger partial charge is 0.308 e. The molecule has 0 spiro atoms. The van der Waals surface area contributed by atoms with Crippen molar-refractivity contribution in [3.63, 3.8) is 0 Å². The van der Waals surface area contributed by atoms with Gasteiger partial charge in [-0.25, -0.2) is 0 Å². The minimum atomic E-state index is -0.0559. The van der Waals surface area contributed by atoms with Crippen LogP contribution in [-0.4, -0.2) is 13.1 Å². The van der Waals surface area contributed by atoms with Crippen LogP contribution in [-0.2, 0) is 9.53 Å². The highest BCUT2D eigenvalue weighted by Gasteiger charge is 2.31.